The van der Waals surface area contributed by atoms with Gasteiger partial charge in [0.25, 0.3) is 11.5 Å². The maximum atomic E-state index is 12.1. The number of aromatic amines is 1. The van der Waals surface area contributed by atoms with Crippen molar-refractivity contribution in [3.8, 4) is 5.69 Å². The summed E-state index contributed by atoms with van der Waals surface area (Å²) in [7, 11) is 0. The molecular formula is C11H11N5O2. The second-order valence-corrected chi connectivity index (χ2v) is 3.52. The van der Waals surface area contributed by atoms with Gasteiger partial charge in [0.15, 0.2) is 0 Å². The topological polar surface area (TPSA) is 119 Å². The molecule has 1 amide bonds. The van der Waals surface area contributed by atoms with Crippen LogP contribution in [0.3, 0.4) is 0 Å². The van der Waals surface area contributed by atoms with Crippen LogP contribution in [0.1, 0.15) is 16.1 Å². The average Bonchev–Trinajstić information content (AvgIpc) is 2.69. The fraction of sp³-hybridized carbons (Fsp3) is 0. The van der Waals surface area contributed by atoms with Crippen molar-refractivity contribution in [2.45, 2.75) is 0 Å². The number of nitrogens with zero attached hydrogens (tertiary/aromatic N) is 2. The fourth-order valence-corrected chi connectivity index (χ4v) is 1.59. The molecule has 7 nitrogen and oxygen atoms in total. The van der Waals surface area contributed by atoms with E-state index in [1.807, 2.05) is 6.07 Å². The van der Waals surface area contributed by atoms with Crippen molar-refractivity contribution in [1.29, 1.82) is 0 Å². The molecular weight excluding hydrogens is 234 g/mol. The number of benzene rings is 1. The Labute approximate surface area is 102 Å². The van der Waals surface area contributed by atoms with E-state index in [1.165, 1.54) is 4.68 Å². The number of amides is 1. The van der Waals surface area contributed by atoms with Crippen LogP contribution in [0, 0.1) is 0 Å². The summed E-state index contributed by atoms with van der Waals surface area (Å²) in [6.45, 7) is 0. The van der Waals surface area contributed by atoms with Crippen molar-refractivity contribution in [2.24, 2.45) is 16.7 Å². The molecule has 7 heteroatoms. The minimum Gasteiger partial charge on any atom is -0.364 e. The van der Waals surface area contributed by atoms with Gasteiger partial charge in [0.2, 0.25) is 0 Å². The Hall–Kier alpha value is -2.83. The van der Waals surface area contributed by atoms with E-state index in [0.29, 0.717) is 5.69 Å². The molecule has 5 N–H and O–H groups in total. The van der Waals surface area contributed by atoms with Crippen molar-refractivity contribution in [1.82, 2.24) is 9.78 Å². The predicted molar refractivity (Wildman–Crippen MR) is 66.7 cm³/mol. The van der Waals surface area contributed by atoms with E-state index in [0.717, 1.165) is 6.21 Å². The molecule has 0 saturated carbocycles. The average molecular weight is 245 g/mol. The molecule has 92 valence electrons. The lowest BCUT2D eigenvalue weighted by Crippen LogP contribution is -2.18. The Morgan fingerprint density at radius 1 is 1.33 bits per heavy atom. The minimum atomic E-state index is -0.753. The van der Waals surface area contributed by atoms with Gasteiger partial charge in [0.1, 0.15) is 5.69 Å². The first kappa shape index (κ1) is 11.6. The molecule has 0 radical (unpaired) electrons. The maximum Gasteiger partial charge on any atom is 0.280 e. The molecule has 0 aliphatic carbocycles. The van der Waals surface area contributed by atoms with E-state index in [-0.39, 0.29) is 11.3 Å². The van der Waals surface area contributed by atoms with Gasteiger partial charge < -0.3 is 11.6 Å². The van der Waals surface area contributed by atoms with Gasteiger partial charge in [-0.05, 0) is 12.1 Å². The lowest BCUT2D eigenvalue weighted by Gasteiger charge is -1.99. The minimum absolute atomic E-state index is 0.0296. The molecule has 0 saturated heterocycles. The Morgan fingerprint density at radius 2 is 2.00 bits per heavy atom. The highest BCUT2D eigenvalue weighted by molar-refractivity contribution is 5.99. The quantitative estimate of drug-likeness (QED) is 0.386. The number of primary amides is 1. The Kier molecular flexibility index (Phi) is 2.96. The standard InChI is InChI=1S/C11H11N5O2/c12-10(17)9-8(6-14-13)11(18)16(15-9)7-4-2-1-3-5-7/h1-6,15H,13H2,(H2,12,17)/b14-6+. The van der Waals surface area contributed by atoms with Gasteiger partial charge in [-0.2, -0.15) is 5.10 Å². The highest BCUT2D eigenvalue weighted by atomic mass is 16.2. The van der Waals surface area contributed by atoms with Crippen LogP contribution in [0.5, 0.6) is 0 Å². The van der Waals surface area contributed by atoms with Crippen LogP contribution in [0.15, 0.2) is 40.2 Å². The number of hydrazone groups is 1. The number of H-pyrrole nitrogens is 1. The number of nitrogens with one attached hydrogen (secondary N) is 1. The molecule has 0 aliphatic heterocycles. The summed E-state index contributed by atoms with van der Waals surface area (Å²) in [6, 6.07) is 8.78. The third kappa shape index (κ3) is 1.88. The third-order valence-electron chi connectivity index (χ3n) is 2.39. The summed E-state index contributed by atoms with van der Waals surface area (Å²) in [4.78, 5) is 23.3. The molecule has 1 aromatic carbocycles. The van der Waals surface area contributed by atoms with Crippen LogP contribution < -0.4 is 17.1 Å². The first-order valence-electron chi connectivity index (χ1n) is 5.08. The summed E-state index contributed by atoms with van der Waals surface area (Å²) in [5.74, 6) is 4.25. The van der Waals surface area contributed by atoms with E-state index in [4.69, 9.17) is 11.6 Å². The van der Waals surface area contributed by atoms with Gasteiger partial charge >= 0.3 is 0 Å². The van der Waals surface area contributed by atoms with Gasteiger partial charge in [0, 0.05) is 0 Å². The third-order valence-corrected chi connectivity index (χ3v) is 2.39. The number of carbonyl (C=O) groups excluding carboxylic acids is 1. The molecule has 0 fully saturated rings. The molecule has 18 heavy (non-hydrogen) atoms. The lowest BCUT2D eigenvalue weighted by molar-refractivity contribution is 0.0995. The number of hydrogen-bond acceptors (Lipinski definition) is 4. The molecule has 2 rings (SSSR count). The van der Waals surface area contributed by atoms with Gasteiger partial charge in [-0.1, -0.05) is 18.2 Å². The zero-order valence-electron chi connectivity index (χ0n) is 9.33. The van der Waals surface area contributed by atoms with E-state index in [9.17, 15) is 9.59 Å². The summed E-state index contributed by atoms with van der Waals surface area (Å²) in [5.41, 5.74) is 5.33. The maximum absolute atomic E-state index is 12.1. The summed E-state index contributed by atoms with van der Waals surface area (Å²) in [5, 5.41) is 5.88. The predicted octanol–water partition coefficient (Wildman–Crippen LogP) is -0.443. The first-order chi connectivity index (χ1) is 8.65. The Bertz CT molecular complexity index is 654. The number of para-hydroxylation sites is 1. The largest absolute Gasteiger partial charge is 0.364 e. The second kappa shape index (κ2) is 4.58. The molecule has 0 spiro atoms. The molecule has 0 unspecified atom stereocenters. The number of aromatic nitrogens is 2. The van der Waals surface area contributed by atoms with Gasteiger partial charge in [0.05, 0.1) is 17.5 Å². The molecule has 1 heterocycles. The molecule has 0 atom stereocenters. The van der Waals surface area contributed by atoms with Crippen LogP contribution in [0.4, 0.5) is 0 Å². The zero-order chi connectivity index (χ0) is 13.1. The second-order valence-electron chi connectivity index (χ2n) is 3.52. The van der Waals surface area contributed by atoms with Crippen LogP contribution in [0.2, 0.25) is 0 Å². The van der Waals surface area contributed by atoms with Gasteiger partial charge in [-0.3, -0.25) is 14.7 Å². The number of rotatable bonds is 3. The molecule has 1 aromatic heterocycles. The summed E-state index contributed by atoms with van der Waals surface area (Å²) < 4.78 is 1.21. The van der Waals surface area contributed by atoms with E-state index in [1.54, 1.807) is 24.3 Å². The SMILES string of the molecule is N/N=C/c1c(C(N)=O)[nH]n(-c2ccccc2)c1=O. The van der Waals surface area contributed by atoms with Crippen molar-refractivity contribution >= 4 is 12.1 Å². The molecule has 0 bridgehead atoms. The van der Waals surface area contributed by atoms with Gasteiger partial charge in [-0.25, -0.2) is 4.68 Å². The molecule has 2 aromatic rings. The van der Waals surface area contributed by atoms with E-state index >= 15 is 0 Å². The normalized spacial score (nSPS) is 10.9. The number of hydrogen-bond donors (Lipinski definition) is 3. The zero-order valence-corrected chi connectivity index (χ0v) is 9.33. The highest BCUT2D eigenvalue weighted by Gasteiger charge is 2.17. The van der Waals surface area contributed by atoms with Crippen LogP contribution >= 0.6 is 0 Å². The van der Waals surface area contributed by atoms with Crippen molar-refractivity contribution in [3.63, 3.8) is 0 Å². The monoisotopic (exact) mass is 245 g/mol. The number of carbonyl (C=O) groups is 1. The van der Waals surface area contributed by atoms with Crippen molar-refractivity contribution < 1.29 is 4.79 Å². The fourth-order valence-electron chi connectivity index (χ4n) is 1.59. The number of nitrogens with two attached hydrogens (primary N) is 2. The molecule has 0 aliphatic rings. The smallest absolute Gasteiger partial charge is 0.280 e. The van der Waals surface area contributed by atoms with E-state index < -0.39 is 11.5 Å². The van der Waals surface area contributed by atoms with Crippen LogP contribution in [-0.2, 0) is 0 Å². The van der Waals surface area contributed by atoms with Crippen LogP contribution in [-0.4, -0.2) is 21.9 Å². The Morgan fingerprint density at radius 3 is 2.56 bits per heavy atom. The summed E-state index contributed by atoms with van der Waals surface area (Å²) in [6.07, 6.45) is 1.10. The first-order valence-corrected chi connectivity index (χ1v) is 5.08. The summed E-state index contributed by atoms with van der Waals surface area (Å²) >= 11 is 0. The van der Waals surface area contributed by atoms with Crippen molar-refractivity contribution in [2.75, 3.05) is 0 Å². The van der Waals surface area contributed by atoms with E-state index in [2.05, 4.69) is 10.2 Å². The van der Waals surface area contributed by atoms with Gasteiger partial charge in [-0.15, -0.1) is 0 Å². The Balaban J connectivity index is 2.68. The highest BCUT2D eigenvalue weighted by Crippen LogP contribution is 2.05. The lowest BCUT2D eigenvalue weighted by atomic mass is 10.2. The van der Waals surface area contributed by atoms with Crippen LogP contribution in [0.25, 0.3) is 5.69 Å². The van der Waals surface area contributed by atoms with Crippen molar-refractivity contribution in [3.05, 3.63) is 51.9 Å².